The van der Waals surface area contributed by atoms with Crippen LogP contribution in [0.4, 0.5) is 11.6 Å². The Bertz CT molecular complexity index is 724. The van der Waals surface area contributed by atoms with Crippen LogP contribution in [0.3, 0.4) is 0 Å². The predicted octanol–water partition coefficient (Wildman–Crippen LogP) is 2.77. The van der Waals surface area contributed by atoms with E-state index in [2.05, 4.69) is 20.6 Å². The van der Waals surface area contributed by atoms with Gasteiger partial charge in [0.05, 0.1) is 26.9 Å². The molecule has 2 N–H and O–H groups in total. The first-order valence-corrected chi connectivity index (χ1v) is 8.22. The van der Waals surface area contributed by atoms with E-state index in [1.54, 1.807) is 33.5 Å². The number of carbonyl (C=O) groups is 1. The molecule has 0 fully saturated rings. The molecule has 2 rings (SSSR count). The second-order valence-electron chi connectivity index (χ2n) is 5.62. The van der Waals surface area contributed by atoms with Crippen molar-refractivity contribution in [3.8, 4) is 17.2 Å². The van der Waals surface area contributed by atoms with Crippen molar-refractivity contribution in [3.63, 3.8) is 0 Å². The topological polar surface area (TPSA) is 94.6 Å². The van der Waals surface area contributed by atoms with Crippen LogP contribution in [0.25, 0.3) is 0 Å². The second kappa shape index (κ2) is 8.89. The van der Waals surface area contributed by atoms with Crippen LogP contribution >= 0.6 is 0 Å². The summed E-state index contributed by atoms with van der Waals surface area (Å²) in [6.07, 6.45) is 3.81. The minimum absolute atomic E-state index is 0.0968. The summed E-state index contributed by atoms with van der Waals surface area (Å²) in [6.45, 7) is 3.95. The van der Waals surface area contributed by atoms with Crippen molar-refractivity contribution in [1.29, 1.82) is 0 Å². The lowest BCUT2D eigenvalue weighted by Gasteiger charge is -2.14. The van der Waals surface area contributed by atoms with E-state index in [1.807, 2.05) is 13.8 Å². The van der Waals surface area contributed by atoms with Gasteiger partial charge in [0, 0.05) is 36.3 Å². The van der Waals surface area contributed by atoms with E-state index in [9.17, 15) is 4.79 Å². The van der Waals surface area contributed by atoms with Crippen molar-refractivity contribution in [2.45, 2.75) is 26.3 Å². The lowest BCUT2D eigenvalue weighted by molar-refractivity contribution is 0.0938. The molecule has 1 atom stereocenters. The maximum atomic E-state index is 12.1. The first-order valence-electron chi connectivity index (χ1n) is 8.22. The molecule has 0 bridgehead atoms. The average Bonchev–Trinajstić information content (AvgIpc) is 2.67. The molecule has 0 aliphatic carbocycles. The van der Waals surface area contributed by atoms with Gasteiger partial charge in [-0.25, -0.2) is 9.97 Å². The number of rotatable bonds is 8. The van der Waals surface area contributed by atoms with Gasteiger partial charge in [0.1, 0.15) is 0 Å². The third-order valence-corrected chi connectivity index (χ3v) is 3.82. The van der Waals surface area contributed by atoms with Crippen molar-refractivity contribution < 1.29 is 19.0 Å². The quantitative estimate of drug-likeness (QED) is 0.747. The van der Waals surface area contributed by atoms with Gasteiger partial charge in [0.15, 0.2) is 11.5 Å². The van der Waals surface area contributed by atoms with Crippen molar-refractivity contribution in [3.05, 3.63) is 30.1 Å². The molecule has 2 aromatic rings. The Morgan fingerprint density at radius 2 is 1.65 bits per heavy atom. The summed E-state index contributed by atoms with van der Waals surface area (Å²) >= 11 is 0. The number of nitrogens with one attached hydrogen (secondary N) is 2. The van der Waals surface area contributed by atoms with Gasteiger partial charge in [0.25, 0.3) is 5.91 Å². The van der Waals surface area contributed by atoms with Crippen LogP contribution in [-0.2, 0) is 0 Å². The van der Waals surface area contributed by atoms with Gasteiger partial charge in [0.2, 0.25) is 11.7 Å². The third kappa shape index (κ3) is 4.53. The summed E-state index contributed by atoms with van der Waals surface area (Å²) in [5.41, 5.74) is 1.07. The maximum absolute atomic E-state index is 12.1. The molecule has 1 unspecified atom stereocenters. The van der Waals surface area contributed by atoms with Gasteiger partial charge >= 0.3 is 0 Å². The second-order valence-corrected chi connectivity index (χ2v) is 5.62. The largest absolute Gasteiger partial charge is 0.493 e. The minimum Gasteiger partial charge on any atom is -0.493 e. The summed E-state index contributed by atoms with van der Waals surface area (Å²) in [7, 11) is 4.63. The van der Waals surface area contributed by atoms with E-state index in [1.165, 1.54) is 12.4 Å². The molecule has 0 saturated carbocycles. The van der Waals surface area contributed by atoms with Crippen molar-refractivity contribution >= 4 is 17.5 Å². The van der Waals surface area contributed by atoms with E-state index < -0.39 is 0 Å². The van der Waals surface area contributed by atoms with Crippen LogP contribution in [0.2, 0.25) is 0 Å². The first-order chi connectivity index (χ1) is 12.5. The summed E-state index contributed by atoms with van der Waals surface area (Å²) < 4.78 is 15.9. The molecule has 0 aliphatic rings. The standard InChI is InChI=1S/C18H24N4O4/c1-6-11(2)21-17(23)12-9-19-18(20-10-12)22-13-7-14(24-3)16(26-5)15(8-13)25-4/h7-11H,6H2,1-5H3,(H,21,23)(H,19,20,22). The molecule has 0 saturated heterocycles. The fourth-order valence-corrected chi connectivity index (χ4v) is 2.20. The van der Waals surface area contributed by atoms with Gasteiger partial charge in [-0.15, -0.1) is 0 Å². The molecule has 0 aliphatic heterocycles. The molecule has 8 nitrogen and oxygen atoms in total. The van der Waals surface area contributed by atoms with Crippen LogP contribution in [0.5, 0.6) is 17.2 Å². The third-order valence-electron chi connectivity index (χ3n) is 3.82. The van der Waals surface area contributed by atoms with Gasteiger partial charge in [-0.05, 0) is 13.3 Å². The summed E-state index contributed by atoms with van der Waals surface area (Å²) in [6, 6.07) is 3.59. The fourth-order valence-electron chi connectivity index (χ4n) is 2.20. The summed E-state index contributed by atoms with van der Waals surface area (Å²) in [5.74, 6) is 1.68. The monoisotopic (exact) mass is 360 g/mol. The Labute approximate surface area is 152 Å². The zero-order chi connectivity index (χ0) is 19.1. The van der Waals surface area contributed by atoms with Crippen LogP contribution < -0.4 is 24.8 Å². The first kappa shape index (κ1) is 19.3. The van der Waals surface area contributed by atoms with Crippen LogP contribution in [-0.4, -0.2) is 43.2 Å². The van der Waals surface area contributed by atoms with E-state index in [4.69, 9.17) is 14.2 Å². The average molecular weight is 360 g/mol. The van der Waals surface area contributed by atoms with Gasteiger partial charge in [-0.1, -0.05) is 6.92 Å². The van der Waals surface area contributed by atoms with E-state index in [0.29, 0.717) is 34.4 Å². The number of nitrogens with zero attached hydrogens (tertiary/aromatic N) is 2. The fraction of sp³-hybridized carbons (Fsp3) is 0.389. The number of hydrogen-bond acceptors (Lipinski definition) is 7. The zero-order valence-corrected chi connectivity index (χ0v) is 15.6. The molecule has 0 spiro atoms. The van der Waals surface area contributed by atoms with Crippen LogP contribution in [0, 0.1) is 0 Å². The highest BCUT2D eigenvalue weighted by atomic mass is 16.5. The number of methoxy groups -OCH3 is 3. The number of carbonyl (C=O) groups excluding carboxylic acids is 1. The molecule has 8 heteroatoms. The van der Waals surface area contributed by atoms with Crippen LogP contribution in [0.1, 0.15) is 30.6 Å². The molecule has 26 heavy (non-hydrogen) atoms. The summed E-state index contributed by atoms with van der Waals surface area (Å²) in [5, 5.41) is 5.92. The Morgan fingerprint density at radius 3 is 2.12 bits per heavy atom. The Kier molecular flexibility index (Phi) is 6.60. The number of anilines is 2. The van der Waals surface area contributed by atoms with Crippen molar-refractivity contribution in [1.82, 2.24) is 15.3 Å². The zero-order valence-electron chi connectivity index (χ0n) is 15.6. The highest BCUT2D eigenvalue weighted by Gasteiger charge is 2.14. The molecule has 1 aromatic carbocycles. The molecule has 1 heterocycles. The molecule has 1 amide bonds. The summed E-state index contributed by atoms with van der Waals surface area (Å²) in [4.78, 5) is 20.4. The lowest BCUT2D eigenvalue weighted by atomic mass is 10.2. The van der Waals surface area contributed by atoms with Gasteiger partial charge in [-0.3, -0.25) is 4.79 Å². The molecular formula is C18H24N4O4. The predicted molar refractivity (Wildman–Crippen MR) is 98.6 cm³/mol. The lowest BCUT2D eigenvalue weighted by Crippen LogP contribution is -2.32. The Hall–Kier alpha value is -3.03. The highest BCUT2D eigenvalue weighted by Crippen LogP contribution is 2.40. The number of benzene rings is 1. The molecule has 1 aromatic heterocycles. The molecular weight excluding hydrogens is 336 g/mol. The minimum atomic E-state index is -0.196. The SMILES string of the molecule is CCC(C)NC(=O)c1cnc(Nc2cc(OC)c(OC)c(OC)c2)nc1. The van der Waals surface area contributed by atoms with E-state index in [-0.39, 0.29) is 11.9 Å². The normalized spacial score (nSPS) is 11.4. The molecule has 140 valence electrons. The van der Waals surface area contributed by atoms with Crippen molar-refractivity contribution in [2.75, 3.05) is 26.6 Å². The van der Waals surface area contributed by atoms with Crippen molar-refractivity contribution in [2.24, 2.45) is 0 Å². The highest BCUT2D eigenvalue weighted by molar-refractivity contribution is 5.93. The van der Waals surface area contributed by atoms with E-state index in [0.717, 1.165) is 6.42 Å². The van der Waals surface area contributed by atoms with Gasteiger partial charge < -0.3 is 24.8 Å². The number of ether oxygens (including phenoxy) is 3. The van der Waals surface area contributed by atoms with E-state index >= 15 is 0 Å². The Morgan fingerprint density at radius 1 is 1.08 bits per heavy atom. The number of amides is 1. The molecule has 0 radical (unpaired) electrons. The number of hydrogen-bond donors (Lipinski definition) is 2. The Balaban J connectivity index is 2.17. The maximum Gasteiger partial charge on any atom is 0.254 e. The van der Waals surface area contributed by atoms with Crippen LogP contribution in [0.15, 0.2) is 24.5 Å². The number of aromatic nitrogens is 2. The smallest absolute Gasteiger partial charge is 0.254 e. The van der Waals surface area contributed by atoms with Gasteiger partial charge in [-0.2, -0.15) is 0 Å².